The van der Waals surface area contributed by atoms with E-state index in [0.717, 1.165) is 50.1 Å². The molecule has 55 heavy (non-hydrogen) atoms. The van der Waals surface area contributed by atoms with Gasteiger partial charge < -0.3 is 9.32 Å². The molecule has 0 atom stereocenters. The third-order valence-electron chi connectivity index (χ3n) is 10.8. The smallest absolute Gasteiger partial charge is 0.136 e. The molecule has 0 unspecified atom stereocenters. The monoisotopic (exact) mass is 719 g/mol. The molecule has 0 amide bonds. The molecule has 2 nitrogen and oxygen atoms in total. The minimum atomic E-state index is 0.903. The zero-order chi connectivity index (χ0) is 36.3. The Hall–Kier alpha value is -6.94. The van der Waals surface area contributed by atoms with Crippen LogP contribution in [0.5, 0.6) is 0 Å². The summed E-state index contributed by atoms with van der Waals surface area (Å²) in [4.78, 5) is 2.37. The Kier molecular flexibility index (Phi) is 7.39. The molecule has 2 aromatic heterocycles. The van der Waals surface area contributed by atoms with E-state index in [9.17, 15) is 0 Å². The Labute approximate surface area is 322 Å². The zero-order valence-electron chi connectivity index (χ0n) is 29.8. The zero-order valence-corrected chi connectivity index (χ0v) is 30.6. The van der Waals surface area contributed by atoms with Gasteiger partial charge in [0, 0.05) is 48.0 Å². The maximum absolute atomic E-state index is 6.24. The van der Waals surface area contributed by atoms with Gasteiger partial charge in [-0.3, -0.25) is 0 Å². The molecule has 2 heterocycles. The predicted molar refractivity (Wildman–Crippen MR) is 235 cm³/mol. The van der Waals surface area contributed by atoms with E-state index < -0.39 is 0 Å². The lowest BCUT2D eigenvalue weighted by Gasteiger charge is -2.27. The lowest BCUT2D eigenvalue weighted by atomic mass is 9.99. The number of para-hydroxylation sites is 1. The molecule has 0 spiro atoms. The SMILES string of the molecule is c1cc(-c2ccc3ccccc3c2)cc(N(c2ccc(-c3ccc4c(c3)oc3ccccc34)cc2)c2cccc(-c3ccc4c(c3)sc3ccccc34)c2)c1. The highest BCUT2D eigenvalue weighted by molar-refractivity contribution is 7.25. The summed E-state index contributed by atoms with van der Waals surface area (Å²) in [5, 5.41) is 7.40. The number of hydrogen-bond acceptors (Lipinski definition) is 3. The Bertz CT molecular complexity index is 3220. The summed E-state index contributed by atoms with van der Waals surface area (Å²) in [6.45, 7) is 0. The van der Waals surface area contributed by atoms with Gasteiger partial charge in [0.15, 0.2) is 0 Å². The summed E-state index contributed by atoms with van der Waals surface area (Å²) in [5.74, 6) is 0. The van der Waals surface area contributed by atoms with Crippen LogP contribution in [0.15, 0.2) is 205 Å². The van der Waals surface area contributed by atoms with Gasteiger partial charge in [-0.25, -0.2) is 0 Å². The number of furan rings is 1. The molecule has 11 aromatic rings. The van der Waals surface area contributed by atoms with Crippen molar-refractivity contribution in [1.29, 1.82) is 0 Å². The first-order valence-corrected chi connectivity index (χ1v) is 19.5. The molecule has 0 N–H and O–H groups in total. The van der Waals surface area contributed by atoms with Crippen LogP contribution in [0.4, 0.5) is 17.1 Å². The highest BCUT2D eigenvalue weighted by Gasteiger charge is 2.16. The molecule has 0 saturated carbocycles. The molecular weight excluding hydrogens is 687 g/mol. The fourth-order valence-corrected chi connectivity index (χ4v) is 9.22. The molecule has 9 aromatic carbocycles. The van der Waals surface area contributed by atoms with Crippen molar-refractivity contribution in [2.24, 2.45) is 0 Å². The van der Waals surface area contributed by atoms with Gasteiger partial charge in [0.1, 0.15) is 11.2 Å². The predicted octanol–water partition coefficient (Wildman–Crippen LogP) is 15.6. The number of fused-ring (bicyclic) bond motifs is 7. The van der Waals surface area contributed by atoms with Crippen molar-refractivity contribution < 1.29 is 4.42 Å². The molecule has 0 aliphatic heterocycles. The topological polar surface area (TPSA) is 16.4 Å². The molecule has 258 valence electrons. The van der Waals surface area contributed by atoms with Gasteiger partial charge in [-0.1, -0.05) is 127 Å². The first-order chi connectivity index (χ1) is 27.2. The van der Waals surface area contributed by atoms with Crippen LogP contribution in [-0.4, -0.2) is 0 Å². The number of anilines is 3. The van der Waals surface area contributed by atoms with Crippen LogP contribution >= 0.6 is 11.3 Å². The Balaban J connectivity index is 1.01. The number of thiophene rings is 1. The van der Waals surface area contributed by atoms with Crippen molar-refractivity contribution in [3.8, 4) is 33.4 Å². The number of rotatable bonds is 6. The van der Waals surface area contributed by atoms with Gasteiger partial charge in [-0.2, -0.15) is 0 Å². The van der Waals surface area contributed by atoms with E-state index in [4.69, 9.17) is 4.42 Å². The number of nitrogens with zero attached hydrogens (tertiary/aromatic N) is 1. The molecular formula is C52H33NOS. The summed E-state index contributed by atoms with van der Waals surface area (Å²) >= 11 is 1.86. The third-order valence-corrected chi connectivity index (χ3v) is 12.0. The van der Waals surface area contributed by atoms with Crippen LogP contribution in [0.1, 0.15) is 0 Å². The van der Waals surface area contributed by atoms with Gasteiger partial charge in [-0.05, 0) is 117 Å². The normalized spacial score (nSPS) is 11.6. The Morgan fingerprint density at radius 2 is 0.873 bits per heavy atom. The van der Waals surface area contributed by atoms with Gasteiger partial charge in [0.05, 0.1) is 0 Å². The van der Waals surface area contributed by atoms with E-state index >= 15 is 0 Å². The summed E-state index contributed by atoms with van der Waals surface area (Å²) in [6.07, 6.45) is 0. The first kappa shape index (κ1) is 31.6. The van der Waals surface area contributed by atoms with Crippen LogP contribution in [0.3, 0.4) is 0 Å². The summed E-state index contributed by atoms with van der Waals surface area (Å²) in [5.41, 5.74) is 12.1. The minimum Gasteiger partial charge on any atom is -0.456 e. The van der Waals surface area contributed by atoms with Gasteiger partial charge >= 0.3 is 0 Å². The largest absolute Gasteiger partial charge is 0.456 e. The standard InChI is InChI=1S/C52H33NOS/c1-2-10-36-29-39(20-19-34(36)9-1)37-11-7-13-43(30-37)53(42-25-21-35(22-26-42)40-23-27-46-45-15-3-5-17-49(45)54-50(46)32-40)44-14-8-12-38(31-44)41-24-28-48-47-16-4-6-18-51(47)55-52(48)33-41/h1-33H. The van der Waals surface area contributed by atoms with Gasteiger partial charge in [0.25, 0.3) is 0 Å². The average molecular weight is 720 g/mol. The molecule has 0 aliphatic rings. The highest BCUT2D eigenvalue weighted by atomic mass is 32.1. The van der Waals surface area contributed by atoms with E-state index in [0.29, 0.717) is 0 Å². The second-order valence-electron chi connectivity index (χ2n) is 14.2. The molecule has 0 radical (unpaired) electrons. The van der Waals surface area contributed by atoms with E-state index in [1.54, 1.807) is 0 Å². The van der Waals surface area contributed by atoms with Gasteiger partial charge in [0.2, 0.25) is 0 Å². The van der Waals surface area contributed by atoms with E-state index in [2.05, 4.69) is 193 Å². The van der Waals surface area contributed by atoms with E-state index in [1.807, 2.05) is 23.5 Å². The van der Waals surface area contributed by atoms with Crippen molar-refractivity contribution in [2.45, 2.75) is 0 Å². The maximum atomic E-state index is 6.24. The van der Waals surface area contributed by atoms with Crippen molar-refractivity contribution in [1.82, 2.24) is 0 Å². The quantitative estimate of drug-likeness (QED) is 0.170. The molecule has 11 rings (SSSR count). The van der Waals surface area contributed by atoms with Crippen LogP contribution in [0.25, 0.3) is 86.3 Å². The van der Waals surface area contributed by atoms with Crippen LogP contribution in [0.2, 0.25) is 0 Å². The molecule has 3 heteroatoms. The van der Waals surface area contributed by atoms with E-state index in [1.165, 1.54) is 53.2 Å². The summed E-state index contributed by atoms with van der Waals surface area (Å²) in [7, 11) is 0. The van der Waals surface area contributed by atoms with Crippen LogP contribution in [0, 0.1) is 0 Å². The highest BCUT2D eigenvalue weighted by Crippen LogP contribution is 2.41. The lowest BCUT2D eigenvalue weighted by molar-refractivity contribution is 0.669. The van der Waals surface area contributed by atoms with Gasteiger partial charge in [-0.15, -0.1) is 11.3 Å². The third kappa shape index (κ3) is 5.56. The minimum absolute atomic E-state index is 0.903. The molecule has 0 bridgehead atoms. The summed E-state index contributed by atoms with van der Waals surface area (Å²) in [6, 6.07) is 72.4. The van der Waals surface area contributed by atoms with Crippen LogP contribution < -0.4 is 4.90 Å². The number of hydrogen-bond donors (Lipinski definition) is 0. The van der Waals surface area contributed by atoms with Crippen molar-refractivity contribution in [3.63, 3.8) is 0 Å². The Morgan fingerprint density at radius 1 is 0.309 bits per heavy atom. The molecule has 0 aliphatic carbocycles. The Morgan fingerprint density at radius 3 is 1.67 bits per heavy atom. The van der Waals surface area contributed by atoms with Crippen molar-refractivity contribution >= 4 is 81.3 Å². The summed E-state index contributed by atoms with van der Waals surface area (Å²) < 4.78 is 8.87. The lowest BCUT2D eigenvalue weighted by Crippen LogP contribution is -2.10. The second-order valence-corrected chi connectivity index (χ2v) is 15.2. The fraction of sp³-hybridized carbons (Fsp3) is 0. The molecule has 0 saturated heterocycles. The first-order valence-electron chi connectivity index (χ1n) is 18.6. The van der Waals surface area contributed by atoms with Crippen molar-refractivity contribution in [3.05, 3.63) is 200 Å². The number of benzene rings is 9. The second kappa shape index (κ2) is 12.9. The maximum Gasteiger partial charge on any atom is 0.136 e. The fourth-order valence-electron chi connectivity index (χ4n) is 8.08. The van der Waals surface area contributed by atoms with Crippen LogP contribution in [-0.2, 0) is 0 Å². The average Bonchev–Trinajstić information content (AvgIpc) is 3.82. The molecule has 0 fully saturated rings. The van der Waals surface area contributed by atoms with E-state index in [-0.39, 0.29) is 0 Å². The van der Waals surface area contributed by atoms with Crippen molar-refractivity contribution in [2.75, 3.05) is 4.90 Å².